The lowest BCUT2D eigenvalue weighted by molar-refractivity contribution is -0.139. The molecule has 2 aromatic heterocycles. The van der Waals surface area contributed by atoms with Gasteiger partial charge >= 0.3 is 5.97 Å². The van der Waals surface area contributed by atoms with Crippen LogP contribution in [0.5, 0.6) is 5.75 Å². The van der Waals surface area contributed by atoms with E-state index < -0.39 is 5.97 Å². The topological polar surface area (TPSA) is 109 Å². The number of hydrogen-bond donors (Lipinski definition) is 2. The third-order valence-electron chi connectivity index (χ3n) is 3.87. The highest BCUT2D eigenvalue weighted by Crippen LogP contribution is 2.31. The highest BCUT2D eigenvalue weighted by molar-refractivity contribution is 5.74. The van der Waals surface area contributed by atoms with Gasteiger partial charge in [0, 0.05) is 11.8 Å². The molecular weight excluding hydrogens is 336 g/mol. The van der Waals surface area contributed by atoms with Gasteiger partial charge in [0.2, 0.25) is 0 Å². The molecule has 3 aromatic rings. The summed E-state index contributed by atoms with van der Waals surface area (Å²) >= 11 is 0. The largest absolute Gasteiger partial charge is 0.506 e. The molecule has 0 amide bonds. The number of aromatic hydroxyl groups is 1. The van der Waals surface area contributed by atoms with Crippen molar-refractivity contribution in [3.05, 3.63) is 53.3 Å². The van der Waals surface area contributed by atoms with E-state index in [2.05, 4.69) is 15.2 Å². The van der Waals surface area contributed by atoms with Gasteiger partial charge in [-0.1, -0.05) is 12.1 Å². The number of ether oxygens (including phenoxy) is 1. The number of aryl methyl sites for hydroxylation is 1. The second kappa shape index (κ2) is 7.32. The van der Waals surface area contributed by atoms with Gasteiger partial charge < -0.3 is 14.9 Å². The normalized spacial score (nSPS) is 11.3. The number of aliphatic hydroxyl groups excluding tert-OH is 1. The summed E-state index contributed by atoms with van der Waals surface area (Å²) < 4.78 is 6.35. The van der Waals surface area contributed by atoms with Crippen LogP contribution in [0.2, 0.25) is 0 Å². The molecule has 0 radical (unpaired) electrons. The average Bonchev–Trinajstić information content (AvgIpc) is 2.99. The van der Waals surface area contributed by atoms with Crippen LogP contribution in [0, 0.1) is 6.92 Å². The fraction of sp³-hybridized carbons (Fsp3) is 0.222. The van der Waals surface area contributed by atoms with Crippen molar-refractivity contribution in [1.29, 1.82) is 0 Å². The van der Waals surface area contributed by atoms with Gasteiger partial charge in [-0.25, -0.2) is 4.98 Å². The summed E-state index contributed by atoms with van der Waals surface area (Å²) in [5, 5.41) is 27.7. The maximum absolute atomic E-state index is 11.7. The zero-order valence-electron chi connectivity index (χ0n) is 14.4. The van der Waals surface area contributed by atoms with E-state index in [9.17, 15) is 15.0 Å². The van der Waals surface area contributed by atoms with Crippen LogP contribution < -0.4 is 0 Å². The number of carbonyl (C=O) groups is 1. The lowest BCUT2D eigenvalue weighted by Crippen LogP contribution is -2.04. The van der Waals surface area contributed by atoms with E-state index in [1.165, 1.54) is 13.2 Å². The molecule has 0 saturated heterocycles. The molecule has 0 bridgehead atoms. The molecule has 0 saturated carbocycles. The SMILES string of the molecule is COC(=O)Cc1nc2c(CO)cccn2c1N=Nc1cc(C)ccc1O. The van der Waals surface area contributed by atoms with E-state index in [0.29, 0.717) is 28.4 Å². The summed E-state index contributed by atoms with van der Waals surface area (Å²) in [5.41, 5.74) is 2.68. The number of azo groups is 1. The second-order valence-corrected chi connectivity index (χ2v) is 5.71. The van der Waals surface area contributed by atoms with E-state index >= 15 is 0 Å². The molecule has 0 aliphatic rings. The van der Waals surface area contributed by atoms with Crippen molar-refractivity contribution in [3.8, 4) is 5.75 Å². The van der Waals surface area contributed by atoms with Crippen molar-refractivity contribution < 1.29 is 19.7 Å². The number of phenolic OH excluding ortho intramolecular Hbond substituents is 1. The lowest BCUT2D eigenvalue weighted by Gasteiger charge is -2.02. The van der Waals surface area contributed by atoms with Crippen LogP contribution in [-0.2, 0) is 22.6 Å². The first-order chi connectivity index (χ1) is 12.5. The first kappa shape index (κ1) is 17.6. The van der Waals surface area contributed by atoms with E-state index in [1.54, 1.807) is 34.9 Å². The summed E-state index contributed by atoms with van der Waals surface area (Å²) in [4.78, 5) is 16.1. The van der Waals surface area contributed by atoms with E-state index in [4.69, 9.17) is 4.74 Å². The van der Waals surface area contributed by atoms with E-state index in [-0.39, 0.29) is 18.8 Å². The van der Waals surface area contributed by atoms with Crippen LogP contribution in [0.3, 0.4) is 0 Å². The number of methoxy groups -OCH3 is 1. The molecule has 2 N–H and O–H groups in total. The molecule has 134 valence electrons. The van der Waals surface area contributed by atoms with E-state index in [1.807, 2.05) is 6.92 Å². The molecule has 0 spiro atoms. The fourth-order valence-corrected chi connectivity index (χ4v) is 2.53. The zero-order chi connectivity index (χ0) is 18.7. The third-order valence-corrected chi connectivity index (χ3v) is 3.87. The van der Waals surface area contributed by atoms with Crippen molar-refractivity contribution >= 4 is 23.1 Å². The Kier molecular flexibility index (Phi) is 4.94. The smallest absolute Gasteiger partial charge is 0.311 e. The first-order valence-corrected chi connectivity index (χ1v) is 7.91. The first-order valence-electron chi connectivity index (χ1n) is 7.91. The molecule has 26 heavy (non-hydrogen) atoms. The molecule has 0 atom stereocenters. The number of esters is 1. The van der Waals surface area contributed by atoms with Gasteiger partial charge in [0.05, 0.1) is 25.8 Å². The highest BCUT2D eigenvalue weighted by Gasteiger charge is 2.17. The minimum absolute atomic E-state index is 0.00117. The molecule has 0 aliphatic carbocycles. The number of rotatable bonds is 5. The third kappa shape index (κ3) is 3.40. The Balaban J connectivity index is 2.13. The fourth-order valence-electron chi connectivity index (χ4n) is 2.53. The number of aliphatic hydroxyl groups is 1. The summed E-state index contributed by atoms with van der Waals surface area (Å²) in [6.07, 6.45) is 1.63. The lowest BCUT2D eigenvalue weighted by atomic mass is 10.2. The van der Waals surface area contributed by atoms with Crippen molar-refractivity contribution in [2.45, 2.75) is 20.0 Å². The van der Waals surface area contributed by atoms with Crippen LogP contribution >= 0.6 is 0 Å². The summed E-state index contributed by atoms with van der Waals surface area (Å²) in [6, 6.07) is 8.47. The number of hydrogen-bond acceptors (Lipinski definition) is 7. The van der Waals surface area contributed by atoms with Gasteiger partial charge in [0.1, 0.15) is 17.1 Å². The standard InChI is InChI=1S/C18H18N4O4/c1-11-5-6-15(24)13(8-11)20-21-18-14(9-16(25)26-2)19-17-12(10-23)4-3-7-22(17)18/h3-8,23-24H,9-10H2,1-2H3. The summed E-state index contributed by atoms with van der Waals surface area (Å²) in [6.45, 7) is 1.68. The van der Waals surface area contributed by atoms with Crippen LogP contribution in [0.1, 0.15) is 16.8 Å². The maximum atomic E-state index is 11.7. The monoisotopic (exact) mass is 354 g/mol. The molecule has 8 nitrogen and oxygen atoms in total. The predicted molar refractivity (Wildman–Crippen MR) is 93.9 cm³/mol. The zero-order valence-corrected chi connectivity index (χ0v) is 14.4. The molecule has 3 rings (SSSR count). The van der Waals surface area contributed by atoms with Crippen LogP contribution in [0.25, 0.3) is 5.65 Å². The Morgan fingerprint density at radius 2 is 2.12 bits per heavy atom. The Bertz CT molecular complexity index is 994. The molecule has 8 heteroatoms. The van der Waals surface area contributed by atoms with Crippen LogP contribution in [-0.4, -0.2) is 32.7 Å². The number of imidazole rings is 1. The Morgan fingerprint density at radius 1 is 1.31 bits per heavy atom. The Hall–Kier alpha value is -3.26. The van der Waals surface area contributed by atoms with Crippen molar-refractivity contribution in [2.75, 3.05) is 7.11 Å². The van der Waals surface area contributed by atoms with Crippen molar-refractivity contribution in [1.82, 2.24) is 9.38 Å². The molecular formula is C18H18N4O4. The van der Waals surface area contributed by atoms with Crippen LogP contribution in [0.4, 0.5) is 11.5 Å². The van der Waals surface area contributed by atoms with Gasteiger partial charge in [-0.05, 0) is 30.7 Å². The average molecular weight is 354 g/mol. The Morgan fingerprint density at radius 3 is 2.85 bits per heavy atom. The molecule has 2 heterocycles. The number of carbonyl (C=O) groups excluding carboxylic acids is 1. The number of fused-ring (bicyclic) bond motifs is 1. The van der Waals surface area contributed by atoms with Gasteiger partial charge in [-0.3, -0.25) is 9.20 Å². The molecule has 0 fully saturated rings. The van der Waals surface area contributed by atoms with Gasteiger partial charge in [0.25, 0.3) is 0 Å². The number of phenols is 1. The molecule has 1 aromatic carbocycles. The summed E-state index contributed by atoms with van der Waals surface area (Å²) in [7, 11) is 1.29. The van der Waals surface area contributed by atoms with Crippen molar-refractivity contribution in [3.63, 3.8) is 0 Å². The maximum Gasteiger partial charge on any atom is 0.311 e. The molecule has 0 unspecified atom stereocenters. The van der Waals surface area contributed by atoms with Gasteiger partial charge in [-0.15, -0.1) is 10.2 Å². The van der Waals surface area contributed by atoms with Crippen molar-refractivity contribution in [2.24, 2.45) is 10.2 Å². The Labute approximate surface area is 149 Å². The quantitative estimate of drug-likeness (QED) is 0.541. The van der Waals surface area contributed by atoms with Crippen LogP contribution in [0.15, 0.2) is 46.8 Å². The highest BCUT2D eigenvalue weighted by atomic mass is 16.5. The summed E-state index contributed by atoms with van der Waals surface area (Å²) in [5.74, 6) is -0.130. The predicted octanol–water partition coefficient (Wildman–Crippen LogP) is 2.97. The minimum atomic E-state index is -0.464. The number of benzene rings is 1. The second-order valence-electron chi connectivity index (χ2n) is 5.71. The van der Waals surface area contributed by atoms with Gasteiger partial charge in [0.15, 0.2) is 5.82 Å². The minimum Gasteiger partial charge on any atom is -0.506 e. The van der Waals surface area contributed by atoms with Gasteiger partial charge in [-0.2, -0.15) is 0 Å². The number of nitrogens with zero attached hydrogens (tertiary/aromatic N) is 4. The number of aromatic nitrogens is 2. The van der Waals surface area contributed by atoms with E-state index in [0.717, 1.165) is 5.56 Å². The number of pyridine rings is 1. The molecule has 0 aliphatic heterocycles.